The molecule has 2 aromatic rings. The van der Waals surface area contributed by atoms with Gasteiger partial charge in [-0.3, -0.25) is 9.88 Å². The minimum absolute atomic E-state index is 0.322. The molecule has 0 saturated heterocycles. The van der Waals surface area contributed by atoms with Crippen molar-refractivity contribution in [2.24, 2.45) is 0 Å². The number of methoxy groups -OCH3 is 1. The third-order valence-corrected chi connectivity index (χ3v) is 5.13. The van der Waals surface area contributed by atoms with E-state index in [2.05, 4.69) is 33.9 Å². The molecule has 0 aromatic carbocycles. The smallest absolute Gasteiger partial charge is 0.213 e. The summed E-state index contributed by atoms with van der Waals surface area (Å²) >= 11 is 0. The lowest BCUT2D eigenvalue weighted by Crippen LogP contribution is -2.29. The van der Waals surface area contributed by atoms with Crippen molar-refractivity contribution in [1.82, 2.24) is 14.9 Å². The minimum atomic E-state index is 0.322. The van der Waals surface area contributed by atoms with Gasteiger partial charge in [-0.25, -0.2) is 4.98 Å². The summed E-state index contributed by atoms with van der Waals surface area (Å²) in [6.45, 7) is 5.03. The monoisotopic (exact) mass is 325 g/mol. The highest BCUT2D eigenvalue weighted by Gasteiger charge is 2.23. The van der Waals surface area contributed by atoms with Crippen LogP contribution < -0.4 is 9.47 Å². The quantitative estimate of drug-likeness (QED) is 0.868. The van der Waals surface area contributed by atoms with Crippen LogP contribution in [0.2, 0.25) is 0 Å². The molecule has 0 N–H and O–H groups in total. The Hall–Kier alpha value is -2.14. The van der Waals surface area contributed by atoms with E-state index >= 15 is 0 Å². The van der Waals surface area contributed by atoms with Gasteiger partial charge >= 0.3 is 0 Å². The molecule has 4 heterocycles. The number of hydrogen-bond donors (Lipinski definition) is 0. The number of hydrogen-bond acceptors (Lipinski definition) is 5. The average Bonchev–Trinajstić information content (AvgIpc) is 2.99. The van der Waals surface area contributed by atoms with Crippen LogP contribution in [-0.4, -0.2) is 41.7 Å². The van der Waals surface area contributed by atoms with Crippen LogP contribution in [0, 0.1) is 0 Å². The van der Waals surface area contributed by atoms with Gasteiger partial charge in [0.15, 0.2) is 0 Å². The molecule has 2 aliphatic heterocycles. The highest BCUT2D eigenvalue weighted by atomic mass is 16.5. The van der Waals surface area contributed by atoms with Gasteiger partial charge in [0.05, 0.1) is 19.4 Å². The average molecular weight is 325 g/mol. The van der Waals surface area contributed by atoms with Gasteiger partial charge in [0, 0.05) is 49.9 Å². The molecule has 2 aliphatic rings. The Bertz CT molecular complexity index is 747. The molecule has 0 radical (unpaired) electrons. The van der Waals surface area contributed by atoms with E-state index in [-0.39, 0.29) is 0 Å². The predicted molar refractivity (Wildman–Crippen MR) is 91.6 cm³/mol. The molecule has 0 bridgehead atoms. The number of pyridine rings is 2. The van der Waals surface area contributed by atoms with Crippen LogP contribution in [-0.2, 0) is 19.3 Å². The van der Waals surface area contributed by atoms with Gasteiger partial charge in [-0.1, -0.05) is 6.07 Å². The molecule has 0 spiro atoms. The zero-order valence-electron chi connectivity index (χ0n) is 14.3. The highest BCUT2D eigenvalue weighted by Crippen LogP contribution is 2.30. The maximum Gasteiger partial charge on any atom is 0.213 e. The maximum atomic E-state index is 5.67. The molecule has 4 rings (SSSR count). The molecule has 5 nitrogen and oxygen atoms in total. The summed E-state index contributed by atoms with van der Waals surface area (Å²) in [5.41, 5.74) is 4.82. The van der Waals surface area contributed by atoms with Crippen molar-refractivity contribution in [3.63, 3.8) is 0 Å². The molecule has 0 aliphatic carbocycles. The van der Waals surface area contributed by atoms with Crippen LogP contribution in [0.1, 0.15) is 35.5 Å². The number of rotatable bonds is 3. The number of fused-ring (bicyclic) bond motifs is 2. The van der Waals surface area contributed by atoms with Crippen molar-refractivity contribution in [3.05, 3.63) is 46.9 Å². The number of ether oxygens (including phenoxy) is 2. The van der Waals surface area contributed by atoms with Crippen LogP contribution in [0.3, 0.4) is 0 Å². The molecule has 0 unspecified atom stereocenters. The Balaban J connectivity index is 1.51. The van der Waals surface area contributed by atoms with E-state index in [9.17, 15) is 0 Å². The second kappa shape index (κ2) is 6.40. The first kappa shape index (κ1) is 15.4. The lowest BCUT2D eigenvalue weighted by Gasteiger charge is -2.27. The Labute approximate surface area is 142 Å². The fourth-order valence-electron chi connectivity index (χ4n) is 3.58. The molecular formula is C19H23N3O2. The summed E-state index contributed by atoms with van der Waals surface area (Å²) in [7, 11) is 1.67. The lowest BCUT2D eigenvalue weighted by molar-refractivity contribution is 0.220. The van der Waals surface area contributed by atoms with Crippen molar-refractivity contribution >= 4 is 0 Å². The predicted octanol–water partition coefficient (Wildman–Crippen LogP) is 2.58. The van der Waals surface area contributed by atoms with E-state index in [4.69, 9.17) is 9.47 Å². The van der Waals surface area contributed by atoms with Crippen molar-refractivity contribution in [1.29, 1.82) is 0 Å². The largest absolute Gasteiger partial charge is 0.491 e. The van der Waals surface area contributed by atoms with Gasteiger partial charge in [0.2, 0.25) is 5.88 Å². The van der Waals surface area contributed by atoms with Crippen molar-refractivity contribution in [3.8, 4) is 11.6 Å². The van der Waals surface area contributed by atoms with E-state index in [1.807, 2.05) is 12.3 Å². The van der Waals surface area contributed by atoms with Gasteiger partial charge in [0.25, 0.3) is 0 Å². The Morgan fingerprint density at radius 1 is 1.17 bits per heavy atom. The van der Waals surface area contributed by atoms with Gasteiger partial charge in [0.1, 0.15) is 5.75 Å². The van der Waals surface area contributed by atoms with E-state index in [0.717, 1.165) is 50.4 Å². The molecule has 0 saturated carbocycles. The molecule has 5 heteroatoms. The first-order chi connectivity index (χ1) is 11.7. The fourth-order valence-corrected chi connectivity index (χ4v) is 3.58. The Morgan fingerprint density at radius 3 is 2.92 bits per heavy atom. The van der Waals surface area contributed by atoms with Crippen LogP contribution in [0.15, 0.2) is 24.4 Å². The topological polar surface area (TPSA) is 47.5 Å². The zero-order valence-corrected chi connectivity index (χ0v) is 14.3. The normalized spacial score (nSPS) is 18.2. The van der Waals surface area contributed by atoms with E-state index in [0.29, 0.717) is 11.9 Å². The van der Waals surface area contributed by atoms with Crippen molar-refractivity contribution in [2.45, 2.75) is 32.2 Å². The summed E-state index contributed by atoms with van der Waals surface area (Å²) in [5, 5.41) is 0. The molecule has 0 amide bonds. The zero-order chi connectivity index (χ0) is 16.5. The van der Waals surface area contributed by atoms with E-state index in [1.54, 1.807) is 7.11 Å². The Kier molecular flexibility index (Phi) is 4.10. The van der Waals surface area contributed by atoms with E-state index < -0.39 is 0 Å². The van der Waals surface area contributed by atoms with Crippen LogP contribution in [0.25, 0.3) is 0 Å². The standard InChI is InChI=1S/C19H23N3O2/c1-13(15-11-18-17(20-12-15)7-10-24-18)22-8-5-14-3-4-19(23-2)21-16(14)6-9-22/h3-4,11-13H,5-10H2,1-2H3/t13-/m0/s1. The molecule has 0 fully saturated rings. The summed E-state index contributed by atoms with van der Waals surface area (Å²) < 4.78 is 10.9. The molecule has 126 valence electrons. The maximum absolute atomic E-state index is 5.67. The van der Waals surface area contributed by atoms with Crippen LogP contribution in [0.5, 0.6) is 11.6 Å². The summed E-state index contributed by atoms with van der Waals surface area (Å²) in [5.74, 6) is 1.67. The highest BCUT2D eigenvalue weighted by molar-refractivity contribution is 5.35. The lowest BCUT2D eigenvalue weighted by atomic mass is 10.1. The van der Waals surface area contributed by atoms with E-state index in [1.165, 1.54) is 16.8 Å². The van der Waals surface area contributed by atoms with Gasteiger partial charge in [-0.15, -0.1) is 0 Å². The number of nitrogens with zero attached hydrogens (tertiary/aromatic N) is 3. The summed E-state index contributed by atoms with van der Waals surface area (Å²) in [4.78, 5) is 11.7. The van der Waals surface area contributed by atoms with Gasteiger partial charge < -0.3 is 9.47 Å². The third kappa shape index (κ3) is 2.84. The Morgan fingerprint density at radius 2 is 2.04 bits per heavy atom. The molecular weight excluding hydrogens is 302 g/mol. The first-order valence-corrected chi connectivity index (χ1v) is 8.63. The SMILES string of the molecule is COc1ccc2c(n1)CCN([C@@H](C)c1cnc3c(c1)OCC3)CC2. The summed E-state index contributed by atoms with van der Waals surface area (Å²) in [6.07, 6.45) is 4.91. The molecule has 2 aromatic heterocycles. The third-order valence-electron chi connectivity index (χ3n) is 5.13. The molecule has 1 atom stereocenters. The van der Waals surface area contributed by atoms with Crippen LogP contribution in [0.4, 0.5) is 0 Å². The fraction of sp³-hybridized carbons (Fsp3) is 0.474. The number of aromatic nitrogens is 2. The van der Waals surface area contributed by atoms with Crippen molar-refractivity contribution in [2.75, 3.05) is 26.8 Å². The molecule has 24 heavy (non-hydrogen) atoms. The second-order valence-electron chi connectivity index (χ2n) is 6.48. The second-order valence-corrected chi connectivity index (χ2v) is 6.48. The van der Waals surface area contributed by atoms with Crippen molar-refractivity contribution < 1.29 is 9.47 Å². The first-order valence-electron chi connectivity index (χ1n) is 8.63. The minimum Gasteiger partial charge on any atom is -0.491 e. The van der Waals surface area contributed by atoms with Crippen LogP contribution >= 0.6 is 0 Å². The van der Waals surface area contributed by atoms with Gasteiger partial charge in [-0.05, 0) is 30.5 Å². The van der Waals surface area contributed by atoms with Gasteiger partial charge in [-0.2, -0.15) is 0 Å². The summed E-state index contributed by atoms with van der Waals surface area (Å²) in [6, 6.07) is 6.60.